The molecule has 1 aromatic rings. The Morgan fingerprint density at radius 1 is 1.50 bits per heavy atom. The number of para-hydroxylation sites is 1. The van der Waals surface area contributed by atoms with Gasteiger partial charge >= 0.3 is 5.97 Å². The van der Waals surface area contributed by atoms with Crippen molar-refractivity contribution in [2.45, 2.75) is 0 Å². The van der Waals surface area contributed by atoms with Crippen LogP contribution in [-0.2, 0) is 14.3 Å². The average Bonchev–Trinajstić information content (AvgIpc) is 2.28. The zero-order chi connectivity index (χ0) is 12.0. The van der Waals surface area contributed by atoms with Gasteiger partial charge in [0.2, 0.25) is 12.0 Å². The molecule has 0 fully saturated rings. The Hall–Kier alpha value is -1.95. The smallest absolute Gasteiger partial charge is 0.376 e. The van der Waals surface area contributed by atoms with E-state index in [0.717, 1.165) is 6.07 Å². The molecular formula is C10H9FO5. The summed E-state index contributed by atoms with van der Waals surface area (Å²) in [5, 5.41) is 0. The molecule has 5 nitrogen and oxygen atoms in total. The van der Waals surface area contributed by atoms with Gasteiger partial charge in [-0.15, -0.1) is 0 Å². The summed E-state index contributed by atoms with van der Waals surface area (Å²) in [6.07, 6.45) is -0.0228. The lowest BCUT2D eigenvalue weighted by molar-refractivity contribution is -0.141. The van der Waals surface area contributed by atoms with Gasteiger partial charge in [-0.1, -0.05) is 6.07 Å². The average molecular weight is 228 g/mol. The van der Waals surface area contributed by atoms with E-state index in [2.05, 4.69) is 9.47 Å². The summed E-state index contributed by atoms with van der Waals surface area (Å²) in [7, 11) is 1.36. The summed E-state index contributed by atoms with van der Waals surface area (Å²) in [6.45, 7) is -0.202. The van der Waals surface area contributed by atoms with E-state index in [9.17, 15) is 14.0 Å². The largest absolute Gasteiger partial charge is 0.461 e. The second-order valence-corrected chi connectivity index (χ2v) is 2.66. The fraction of sp³-hybridized carbons (Fsp3) is 0.200. The molecule has 1 aromatic carbocycles. The highest BCUT2D eigenvalue weighted by atomic mass is 19.1. The Bertz CT molecular complexity index is 391. The summed E-state index contributed by atoms with van der Waals surface area (Å²) >= 11 is 0. The molecule has 0 aliphatic carbocycles. The SMILES string of the molecule is COCOc1c(F)cccc1OC(=O)C=O. The van der Waals surface area contributed by atoms with Crippen LogP contribution in [0.25, 0.3) is 0 Å². The quantitative estimate of drug-likeness (QED) is 0.246. The summed E-state index contributed by atoms with van der Waals surface area (Å²) in [5.74, 6) is -2.30. The van der Waals surface area contributed by atoms with Crippen LogP contribution in [0.5, 0.6) is 11.5 Å². The highest BCUT2D eigenvalue weighted by Crippen LogP contribution is 2.29. The van der Waals surface area contributed by atoms with Gasteiger partial charge in [-0.2, -0.15) is 0 Å². The Morgan fingerprint density at radius 3 is 2.88 bits per heavy atom. The minimum atomic E-state index is -1.13. The number of methoxy groups -OCH3 is 1. The molecule has 0 aliphatic heterocycles. The maximum atomic E-state index is 13.3. The Balaban J connectivity index is 2.92. The molecule has 0 bridgehead atoms. The Kier molecular flexibility index (Phi) is 4.41. The predicted molar refractivity (Wildman–Crippen MR) is 50.6 cm³/mol. The maximum absolute atomic E-state index is 13.3. The second-order valence-electron chi connectivity index (χ2n) is 2.66. The first-order chi connectivity index (χ1) is 7.69. The molecule has 0 N–H and O–H groups in total. The maximum Gasteiger partial charge on any atom is 0.376 e. The molecule has 0 aliphatic rings. The van der Waals surface area contributed by atoms with Crippen molar-refractivity contribution in [2.75, 3.05) is 13.9 Å². The Morgan fingerprint density at radius 2 is 2.25 bits per heavy atom. The third kappa shape index (κ3) is 3.03. The van der Waals surface area contributed by atoms with E-state index in [0.29, 0.717) is 0 Å². The van der Waals surface area contributed by atoms with Crippen molar-refractivity contribution in [3.05, 3.63) is 24.0 Å². The van der Waals surface area contributed by atoms with E-state index >= 15 is 0 Å². The third-order valence-corrected chi connectivity index (χ3v) is 1.56. The van der Waals surface area contributed by atoms with Crippen LogP contribution < -0.4 is 9.47 Å². The van der Waals surface area contributed by atoms with Gasteiger partial charge in [0.25, 0.3) is 0 Å². The monoisotopic (exact) mass is 228 g/mol. The van der Waals surface area contributed by atoms with Crippen LogP contribution in [0.4, 0.5) is 4.39 Å². The lowest BCUT2D eigenvalue weighted by Crippen LogP contribution is -2.11. The van der Waals surface area contributed by atoms with Crippen LogP contribution in [0.2, 0.25) is 0 Å². The summed E-state index contributed by atoms with van der Waals surface area (Å²) in [4.78, 5) is 20.8. The van der Waals surface area contributed by atoms with E-state index in [1.165, 1.54) is 19.2 Å². The van der Waals surface area contributed by atoms with Gasteiger partial charge in [0.05, 0.1) is 0 Å². The molecule has 0 unspecified atom stereocenters. The number of halogens is 1. The first-order valence-corrected chi connectivity index (χ1v) is 4.26. The molecule has 0 aromatic heterocycles. The Labute approximate surface area is 90.7 Å². The highest BCUT2D eigenvalue weighted by molar-refractivity contribution is 6.21. The van der Waals surface area contributed by atoms with Crippen molar-refractivity contribution in [1.29, 1.82) is 0 Å². The molecule has 6 heteroatoms. The van der Waals surface area contributed by atoms with Gasteiger partial charge in [-0.05, 0) is 12.1 Å². The number of hydrogen-bond acceptors (Lipinski definition) is 5. The molecule has 1 rings (SSSR count). The van der Waals surface area contributed by atoms with E-state index < -0.39 is 11.8 Å². The van der Waals surface area contributed by atoms with E-state index in [1.807, 2.05) is 0 Å². The van der Waals surface area contributed by atoms with Crippen molar-refractivity contribution < 1.29 is 28.2 Å². The van der Waals surface area contributed by atoms with Crippen LogP contribution in [-0.4, -0.2) is 26.2 Å². The van der Waals surface area contributed by atoms with Crippen LogP contribution in [0.15, 0.2) is 18.2 Å². The van der Waals surface area contributed by atoms with E-state index in [1.54, 1.807) is 0 Å². The topological polar surface area (TPSA) is 61.8 Å². The molecule has 0 spiro atoms. The molecule has 0 heterocycles. The van der Waals surface area contributed by atoms with Crippen LogP contribution in [0.3, 0.4) is 0 Å². The number of esters is 1. The van der Waals surface area contributed by atoms with E-state index in [-0.39, 0.29) is 24.6 Å². The number of carbonyl (C=O) groups is 2. The van der Waals surface area contributed by atoms with E-state index in [4.69, 9.17) is 4.74 Å². The van der Waals surface area contributed by atoms with Gasteiger partial charge in [-0.25, -0.2) is 9.18 Å². The standard InChI is InChI=1S/C10H9FO5/c1-14-6-15-10-7(11)3-2-4-8(10)16-9(13)5-12/h2-5H,6H2,1H3. The lowest BCUT2D eigenvalue weighted by Gasteiger charge is -2.10. The van der Waals surface area contributed by atoms with Crippen molar-refractivity contribution in [1.82, 2.24) is 0 Å². The van der Waals surface area contributed by atoms with Gasteiger partial charge < -0.3 is 14.2 Å². The molecule has 0 radical (unpaired) electrons. The second kappa shape index (κ2) is 5.82. The molecular weight excluding hydrogens is 219 g/mol. The van der Waals surface area contributed by atoms with Crippen molar-refractivity contribution >= 4 is 12.3 Å². The summed E-state index contributed by atoms with van der Waals surface area (Å²) < 4.78 is 27.3. The van der Waals surface area contributed by atoms with Crippen LogP contribution in [0, 0.1) is 5.82 Å². The molecule has 86 valence electrons. The first-order valence-electron chi connectivity index (χ1n) is 4.26. The number of ether oxygens (including phenoxy) is 3. The van der Waals surface area contributed by atoms with Crippen LogP contribution >= 0.6 is 0 Å². The number of benzene rings is 1. The van der Waals surface area contributed by atoms with Crippen LogP contribution in [0.1, 0.15) is 0 Å². The fourth-order valence-electron chi connectivity index (χ4n) is 0.960. The minimum absolute atomic E-state index is 0.0228. The highest BCUT2D eigenvalue weighted by Gasteiger charge is 2.14. The zero-order valence-corrected chi connectivity index (χ0v) is 8.44. The molecule has 0 saturated heterocycles. The van der Waals surface area contributed by atoms with Crippen molar-refractivity contribution in [3.63, 3.8) is 0 Å². The number of rotatable bonds is 5. The van der Waals surface area contributed by atoms with Gasteiger partial charge in [0.1, 0.15) is 0 Å². The zero-order valence-electron chi connectivity index (χ0n) is 8.44. The van der Waals surface area contributed by atoms with Crippen molar-refractivity contribution in [3.8, 4) is 11.5 Å². The predicted octanol–water partition coefficient (Wildman–Crippen LogP) is 0.913. The normalized spacial score (nSPS) is 9.62. The summed E-state index contributed by atoms with van der Waals surface area (Å²) in [6, 6.07) is 3.75. The fourth-order valence-corrected chi connectivity index (χ4v) is 0.960. The lowest BCUT2D eigenvalue weighted by atomic mass is 10.3. The summed E-state index contributed by atoms with van der Waals surface area (Å²) in [5.41, 5.74) is 0. The van der Waals surface area contributed by atoms with Crippen molar-refractivity contribution in [2.24, 2.45) is 0 Å². The minimum Gasteiger partial charge on any atom is -0.461 e. The van der Waals surface area contributed by atoms with Gasteiger partial charge in [0, 0.05) is 7.11 Å². The van der Waals surface area contributed by atoms with Gasteiger partial charge in [-0.3, -0.25) is 4.79 Å². The molecule has 16 heavy (non-hydrogen) atoms. The molecule has 0 saturated carbocycles. The molecule has 0 atom stereocenters. The number of carbonyl (C=O) groups excluding carboxylic acids is 2. The molecule has 0 amide bonds. The van der Waals surface area contributed by atoms with Gasteiger partial charge in [0.15, 0.2) is 18.4 Å². The number of hydrogen-bond donors (Lipinski definition) is 0. The first kappa shape index (κ1) is 12.1. The third-order valence-electron chi connectivity index (χ3n) is 1.56. The number of aldehydes is 1.